The SMILES string of the molecule is CCCCN(CCCC)c1c(S(=O)(=O)c2ccc(OC)c(OC)c2)cnc2ccc(SC)cc12. The summed E-state index contributed by atoms with van der Waals surface area (Å²) >= 11 is 1.63. The summed E-state index contributed by atoms with van der Waals surface area (Å²) in [5, 5.41) is 0.862. The van der Waals surface area contributed by atoms with Crippen LogP contribution in [-0.4, -0.2) is 47.0 Å². The predicted octanol–water partition coefficient (Wildman–Crippen LogP) is 6.21. The zero-order valence-corrected chi connectivity index (χ0v) is 22.3. The molecular formula is C26H34N2O4S2. The quantitative estimate of drug-likeness (QED) is 0.273. The zero-order chi connectivity index (χ0) is 24.7. The molecule has 0 unspecified atom stereocenters. The zero-order valence-electron chi connectivity index (χ0n) is 20.6. The fourth-order valence-corrected chi connectivity index (χ4v) is 5.82. The number of pyridine rings is 1. The highest BCUT2D eigenvalue weighted by atomic mass is 32.2. The van der Waals surface area contributed by atoms with Gasteiger partial charge in [-0.15, -0.1) is 11.8 Å². The van der Waals surface area contributed by atoms with Crippen molar-refractivity contribution in [2.24, 2.45) is 0 Å². The number of hydrogen-bond acceptors (Lipinski definition) is 7. The lowest BCUT2D eigenvalue weighted by Gasteiger charge is -2.28. The van der Waals surface area contributed by atoms with Gasteiger partial charge in [0.15, 0.2) is 11.5 Å². The van der Waals surface area contributed by atoms with E-state index in [1.54, 1.807) is 23.9 Å². The largest absolute Gasteiger partial charge is 0.493 e. The molecule has 0 spiro atoms. The topological polar surface area (TPSA) is 68.7 Å². The highest BCUT2D eigenvalue weighted by molar-refractivity contribution is 7.98. The predicted molar refractivity (Wildman–Crippen MR) is 141 cm³/mol. The summed E-state index contributed by atoms with van der Waals surface area (Å²) in [6.45, 7) is 5.87. The molecule has 0 atom stereocenters. The fraction of sp³-hybridized carbons (Fsp3) is 0.423. The summed E-state index contributed by atoms with van der Waals surface area (Å²) in [6, 6.07) is 10.7. The van der Waals surface area contributed by atoms with Crippen LogP contribution in [0, 0.1) is 0 Å². The van der Waals surface area contributed by atoms with Gasteiger partial charge in [-0.25, -0.2) is 8.42 Å². The van der Waals surface area contributed by atoms with Crippen molar-refractivity contribution < 1.29 is 17.9 Å². The van der Waals surface area contributed by atoms with E-state index >= 15 is 0 Å². The van der Waals surface area contributed by atoms with Gasteiger partial charge in [-0.2, -0.15) is 0 Å². The van der Waals surface area contributed by atoms with E-state index in [1.165, 1.54) is 26.5 Å². The molecule has 0 aliphatic rings. The number of benzene rings is 2. The van der Waals surface area contributed by atoms with Crippen LogP contribution >= 0.6 is 11.8 Å². The normalized spacial score (nSPS) is 11.6. The number of thioether (sulfide) groups is 1. The van der Waals surface area contributed by atoms with E-state index in [0.29, 0.717) is 11.5 Å². The van der Waals surface area contributed by atoms with Gasteiger partial charge in [0.2, 0.25) is 9.84 Å². The molecule has 0 aliphatic heterocycles. The average molecular weight is 503 g/mol. The summed E-state index contributed by atoms with van der Waals surface area (Å²) in [6.07, 6.45) is 7.54. The Morgan fingerprint density at radius 3 is 2.21 bits per heavy atom. The minimum atomic E-state index is -3.88. The summed E-state index contributed by atoms with van der Waals surface area (Å²) in [5.41, 5.74) is 1.52. The maximum Gasteiger partial charge on any atom is 0.210 e. The van der Waals surface area contributed by atoms with Crippen LogP contribution in [0.3, 0.4) is 0 Å². The molecule has 6 nitrogen and oxygen atoms in total. The van der Waals surface area contributed by atoms with Crippen molar-refractivity contribution >= 4 is 38.2 Å². The molecule has 0 N–H and O–H groups in total. The van der Waals surface area contributed by atoms with E-state index in [2.05, 4.69) is 29.8 Å². The van der Waals surface area contributed by atoms with Gasteiger partial charge in [-0.05, 0) is 49.4 Å². The van der Waals surface area contributed by atoms with Crippen LogP contribution in [0.1, 0.15) is 39.5 Å². The van der Waals surface area contributed by atoms with Crippen molar-refractivity contribution in [1.82, 2.24) is 4.98 Å². The standard InChI is InChI=1S/C26H34N2O4S2/c1-6-8-14-28(15-9-7-2)26-21-16-19(33-5)10-12-22(21)27-18-25(26)34(29,30)20-11-13-23(31-3)24(17-20)32-4/h10-13,16-18H,6-9,14-15H2,1-5H3. The third kappa shape index (κ3) is 5.44. The second kappa shape index (κ2) is 11.8. The van der Waals surface area contributed by atoms with Gasteiger partial charge < -0.3 is 14.4 Å². The lowest BCUT2D eigenvalue weighted by atomic mass is 10.1. The molecule has 0 aliphatic carbocycles. The molecule has 0 fully saturated rings. The first-order chi connectivity index (χ1) is 16.4. The van der Waals surface area contributed by atoms with E-state index in [4.69, 9.17) is 9.47 Å². The number of nitrogens with zero attached hydrogens (tertiary/aromatic N) is 2. The third-order valence-electron chi connectivity index (χ3n) is 5.85. The van der Waals surface area contributed by atoms with Gasteiger partial charge in [0.25, 0.3) is 0 Å². The summed E-state index contributed by atoms with van der Waals surface area (Å²) in [5.74, 6) is 0.854. The molecule has 184 valence electrons. The molecule has 1 aromatic heterocycles. The summed E-state index contributed by atoms with van der Waals surface area (Å²) in [7, 11) is -0.854. The van der Waals surface area contributed by atoms with Gasteiger partial charge in [-0.3, -0.25) is 4.98 Å². The smallest absolute Gasteiger partial charge is 0.210 e. The average Bonchev–Trinajstić information content (AvgIpc) is 2.87. The molecule has 2 aromatic carbocycles. The van der Waals surface area contributed by atoms with Crippen molar-refractivity contribution in [3.05, 3.63) is 42.6 Å². The minimum absolute atomic E-state index is 0.152. The number of sulfone groups is 1. The molecule has 34 heavy (non-hydrogen) atoms. The Hall–Kier alpha value is -2.45. The first-order valence-electron chi connectivity index (χ1n) is 11.6. The van der Waals surface area contributed by atoms with E-state index in [-0.39, 0.29) is 9.79 Å². The first kappa shape index (κ1) is 26.2. The minimum Gasteiger partial charge on any atom is -0.493 e. The Bertz CT molecular complexity index is 1220. The molecule has 8 heteroatoms. The van der Waals surface area contributed by atoms with Gasteiger partial charge in [-0.1, -0.05) is 26.7 Å². The van der Waals surface area contributed by atoms with E-state index in [0.717, 1.165) is 60.3 Å². The van der Waals surface area contributed by atoms with Crippen LogP contribution in [-0.2, 0) is 9.84 Å². The van der Waals surface area contributed by atoms with Crippen molar-refractivity contribution in [1.29, 1.82) is 0 Å². The molecule has 0 bridgehead atoms. The molecular weight excluding hydrogens is 468 g/mol. The van der Waals surface area contributed by atoms with Crippen LogP contribution < -0.4 is 14.4 Å². The number of hydrogen-bond donors (Lipinski definition) is 0. The van der Waals surface area contributed by atoms with E-state index in [1.807, 2.05) is 18.4 Å². The van der Waals surface area contributed by atoms with Crippen molar-refractivity contribution in [2.45, 2.75) is 54.2 Å². The Kier molecular flexibility index (Phi) is 9.08. The lowest BCUT2D eigenvalue weighted by molar-refractivity contribution is 0.354. The second-order valence-electron chi connectivity index (χ2n) is 8.07. The number of aromatic nitrogens is 1. The monoisotopic (exact) mass is 502 g/mol. The fourth-order valence-electron chi connectivity index (χ4n) is 3.93. The maximum absolute atomic E-state index is 14.0. The van der Waals surface area contributed by atoms with Crippen LogP contribution in [0.25, 0.3) is 10.9 Å². The number of fused-ring (bicyclic) bond motifs is 1. The number of unbranched alkanes of at least 4 members (excludes halogenated alkanes) is 2. The summed E-state index contributed by atoms with van der Waals surface area (Å²) in [4.78, 5) is 8.23. The van der Waals surface area contributed by atoms with Crippen molar-refractivity contribution in [3.63, 3.8) is 0 Å². The molecule has 0 radical (unpaired) electrons. The second-order valence-corrected chi connectivity index (χ2v) is 10.9. The van der Waals surface area contributed by atoms with Gasteiger partial charge >= 0.3 is 0 Å². The van der Waals surface area contributed by atoms with Crippen molar-refractivity contribution in [3.8, 4) is 11.5 Å². The Morgan fingerprint density at radius 2 is 1.62 bits per heavy atom. The number of anilines is 1. The highest BCUT2D eigenvalue weighted by Gasteiger charge is 2.28. The molecule has 0 amide bonds. The molecule has 0 saturated heterocycles. The van der Waals surface area contributed by atoms with Gasteiger partial charge in [0.05, 0.1) is 30.3 Å². The molecule has 3 aromatic rings. The number of methoxy groups -OCH3 is 2. The summed E-state index contributed by atoms with van der Waals surface area (Å²) < 4.78 is 38.7. The van der Waals surface area contributed by atoms with Crippen LogP contribution in [0.5, 0.6) is 11.5 Å². The highest BCUT2D eigenvalue weighted by Crippen LogP contribution is 2.39. The third-order valence-corrected chi connectivity index (χ3v) is 8.33. The first-order valence-corrected chi connectivity index (χ1v) is 14.3. The van der Waals surface area contributed by atoms with Gasteiger partial charge in [0.1, 0.15) is 4.90 Å². The Labute approximate surface area is 207 Å². The van der Waals surface area contributed by atoms with Crippen molar-refractivity contribution in [2.75, 3.05) is 38.5 Å². The van der Waals surface area contributed by atoms with Crippen LogP contribution in [0.2, 0.25) is 0 Å². The van der Waals surface area contributed by atoms with Crippen LogP contribution in [0.4, 0.5) is 5.69 Å². The number of ether oxygens (including phenoxy) is 2. The Morgan fingerprint density at radius 1 is 0.941 bits per heavy atom. The molecule has 3 rings (SSSR count). The van der Waals surface area contributed by atoms with E-state index in [9.17, 15) is 8.42 Å². The van der Waals surface area contributed by atoms with Crippen LogP contribution in [0.15, 0.2) is 57.3 Å². The molecule has 1 heterocycles. The molecule has 0 saturated carbocycles. The lowest BCUT2D eigenvalue weighted by Crippen LogP contribution is -2.28. The Balaban J connectivity index is 2.30. The number of rotatable bonds is 12. The maximum atomic E-state index is 14.0. The van der Waals surface area contributed by atoms with E-state index < -0.39 is 9.84 Å². The van der Waals surface area contributed by atoms with Gasteiger partial charge in [0, 0.05) is 35.6 Å².